The molecule has 0 atom stereocenters. The maximum atomic E-state index is 12.3. The molecule has 0 saturated carbocycles. The lowest BCUT2D eigenvalue weighted by Crippen LogP contribution is -2.35. The number of nitrogens with one attached hydrogen (secondary N) is 1. The number of para-hydroxylation sites is 1. The van der Waals surface area contributed by atoms with Crippen LogP contribution in [0.5, 0.6) is 0 Å². The van der Waals surface area contributed by atoms with Gasteiger partial charge in [0, 0.05) is 23.8 Å². The van der Waals surface area contributed by atoms with Crippen LogP contribution in [0.1, 0.15) is 29.8 Å². The number of carbonyl (C=O) groups is 2. The highest BCUT2D eigenvalue weighted by Crippen LogP contribution is 2.13. The molecule has 2 rings (SSSR count). The molecule has 0 spiro atoms. The van der Waals surface area contributed by atoms with Gasteiger partial charge in [-0.15, -0.1) is 0 Å². The van der Waals surface area contributed by atoms with Gasteiger partial charge in [-0.1, -0.05) is 30.3 Å². The second kappa shape index (κ2) is 8.26. The van der Waals surface area contributed by atoms with Crippen molar-refractivity contribution in [2.75, 3.05) is 11.9 Å². The van der Waals surface area contributed by atoms with Gasteiger partial charge in [0.05, 0.1) is 6.54 Å². The van der Waals surface area contributed by atoms with Crippen LogP contribution in [0.4, 0.5) is 5.69 Å². The molecule has 0 aliphatic rings. The zero-order chi connectivity index (χ0) is 17.5. The van der Waals surface area contributed by atoms with E-state index >= 15 is 0 Å². The molecule has 0 aromatic heterocycles. The second-order valence-electron chi connectivity index (χ2n) is 5.91. The Morgan fingerprint density at radius 2 is 1.79 bits per heavy atom. The van der Waals surface area contributed by atoms with Crippen LogP contribution in [0, 0.1) is 0 Å². The van der Waals surface area contributed by atoms with E-state index < -0.39 is 5.97 Å². The number of carbonyl (C=O) groups excluding carboxylic acids is 1. The van der Waals surface area contributed by atoms with Crippen molar-refractivity contribution in [2.45, 2.75) is 26.4 Å². The van der Waals surface area contributed by atoms with Crippen molar-refractivity contribution in [1.82, 2.24) is 4.90 Å². The smallest absolute Gasteiger partial charge is 0.317 e. The molecule has 126 valence electrons. The van der Waals surface area contributed by atoms with Crippen molar-refractivity contribution in [1.29, 1.82) is 0 Å². The van der Waals surface area contributed by atoms with Gasteiger partial charge >= 0.3 is 5.97 Å². The van der Waals surface area contributed by atoms with E-state index in [2.05, 4.69) is 5.32 Å². The first-order valence-corrected chi connectivity index (χ1v) is 7.87. The maximum Gasteiger partial charge on any atom is 0.317 e. The molecule has 5 nitrogen and oxygen atoms in total. The number of aliphatic carboxylic acids is 1. The molecule has 0 bridgehead atoms. The average Bonchev–Trinajstić information content (AvgIpc) is 2.55. The number of carboxylic acid groups (broad SMARTS) is 1. The van der Waals surface area contributed by atoms with E-state index in [1.54, 1.807) is 12.1 Å². The van der Waals surface area contributed by atoms with Gasteiger partial charge in [-0.25, -0.2) is 0 Å². The largest absolute Gasteiger partial charge is 0.480 e. The molecule has 0 radical (unpaired) electrons. The Bertz CT molecular complexity index is 699. The average molecular weight is 326 g/mol. The van der Waals surface area contributed by atoms with Gasteiger partial charge in [0.1, 0.15) is 0 Å². The lowest BCUT2D eigenvalue weighted by molar-refractivity contribution is -0.138. The number of nitrogens with zero attached hydrogens (tertiary/aromatic N) is 1. The molecule has 1 amide bonds. The summed E-state index contributed by atoms with van der Waals surface area (Å²) in [5, 5.41) is 11.9. The van der Waals surface area contributed by atoms with Crippen molar-refractivity contribution in [2.24, 2.45) is 0 Å². The van der Waals surface area contributed by atoms with Gasteiger partial charge in [0.25, 0.3) is 5.91 Å². The van der Waals surface area contributed by atoms with Crippen LogP contribution in [0.15, 0.2) is 54.6 Å². The van der Waals surface area contributed by atoms with Crippen LogP contribution in [0.3, 0.4) is 0 Å². The summed E-state index contributed by atoms with van der Waals surface area (Å²) in [6.45, 7) is 4.36. The zero-order valence-electron chi connectivity index (χ0n) is 13.9. The Labute approximate surface area is 141 Å². The lowest BCUT2D eigenvalue weighted by Gasteiger charge is -2.24. The standard InChI is InChI=1S/C19H22N2O3/c1-14(2)21(13-18(22)23)12-15-7-6-8-16(11-15)19(24)20-17-9-4-3-5-10-17/h3-11,14H,12-13H2,1-2H3,(H,20,24)(H,22,23). The van der Waals surface area contributed by atoms with Crippen LogP contribution in [0.25, 0.3) is 0 Å². The number of anilines is 1. The van der Waals surface area contributed by atoms with Gasteiger partial charge in [-0.3, -0.25) is 14.5 Å². The molecule has 0 fully saturated rings. The molecular weight excluding hydrogens is 304 g/mol. The monoisotopic (exact) mass is 326 g/mol. The molecule has 0 aliphatic heterocycles. The Morgan fingerprint density at radius 3 is 2.42 bits per heavy atom. The SMILES string of the molecule is CC(C)N(CC(=O)O)Cc1cccc(C(=O)Nc2ccccc2)c1. The summed E-state index contributed by atoms with van der Waals surface area (Å²) in [4.78, 5) is 25.2. The van der Waals surface area contributed by atoms with Crippen molar-refractivity contribution < 1.29 is 14.7 Å². The molecule has 2 aromatic rings. The Kier molecular flexibility index (Phi) is 6.09. The molecule has 2 N–H and O–H groups in total. The predicted octanol–water partition coefficient (Wildman–Crippen LogP) is 3.23. The number of amides is 1. The van der Waals surface area contributed by atoms with Crippen LogP contribution < -0.4 is 5.32 Å². The third kappa shape index (κ3) is 5.21. The second-order valence-corrected chi connectivity index (χ2v) is 5.91. The predicted molar refractivity (Wildman–Crippen MR) is 94.0 cm³/mol. The minimum atomic E-state index is -0.860. The lowest BCUT2D eigenvalue weighted by atomic mass is 10.1. The van der Waals surface area contributed by atoms with Crippen molar-refractivity contribution in [3.63, 3.8) is 0 Å². The van der Waals surface area contributed by atoms with Crippen molar-refractivity contribution in [3.8, 4) is 0 Å². The Hall–Kier alpha value is -2.66. The molecular formula is C19H22N2O3. The van der Waals surface area contributed by atoms with E-state index in [-0.39, 0.29) is 18.5 Å². The minimum Gasteiger partial charge on any atom is -0.480 e. The Morgan fingerprint density at radius 1 is 1.08 bits per heavy atom. The summed E-state index contributed by atoms with van der Waals surface area (Å²) < 4.78 is 0. The van der Waals surface area contributed by atoms with Gasteiger partial charge in [0.2, 0.25) is 0 Å². The molecule has 24 heavy (non-hydrogen) atoms. The number of rotatable bonds is 7. The first kappa shape index (κ1) is 17.7. The molecule has 0 unspecified atom stereocenters. The molecule has 5 heteroatoms. The summed E-state index contributed by atoms with van der Waals surface area (Å²) in [5.74, 6) is -1.04. The van der Waals surface area contributed by atoms with Gasteiger partial charge < -0.3 is 10.4 Å². The summed E-state index contributed by atoms with van der Waals surface area (Å²) >= 11 is 0. The fraction of sp³-hybridized carbons (Fsp3) is 0.263. The van der Waals surface area contributed by atoms with E-state index in [1.807, 2.05) is 61.2 Å². The van der Waals surface area contributed by atoms with E-state index in [0.29, 0.717) is 12.1 Å². The number of hydrogen-bond donors (Lipinski definition) is 2. The molecule has 0 saturated heterocycles. The highest BCUT2D eigenvalue weighted by Gasteiger charge is 2.15. The normalized spacial score (nSPS) is 10.8. The highest BCUT2D eigenvalue weighted by molar-refractivity contribution is 6.04. The summed E-state index contributed by atoms with van der Waals surface area (Å²) in [7, 11) is 0. The Balaban J connectivity index is 2.10. The molecule has 2 aromatic carbocycles. The van der Waals surface area contributed by atoms with E-state index in [1.165, 1.54) is 0 Å². The maximum absolute atomic E-state index is 12.3. The minimum absolute atomic E-state index is 0.0297. The van der Waals surface area contributed by atoms with Gasteiger partial charge in [0.15, 0.2) is 0 Å². The number of benzene rings is 2. The fourth-order valence-corrected chi connectivity index (χ4v) is 2.36. The summed E-state index contributed by atoms with van der Waals surface area (Å²) in [5.41, 5.74) is 2.20. The van der Waals surface area contributed by atoms with Crippen LogP contribution in [-0.2, 0) is 11.3 Å². The number of carboxylic acids is 1. The van der Waals surface area contributed by atoms with Gasteiger partial charge in [-0.2, -0.15) is 0 Å². The van der Waals surface area contributed by atoms with Crippen LogP contribution in [0.2, 0.25) is 0 Å². The third-order valence-corrected chi connectivity index (χ3v) is 3.68. The van der Waals surface area contributed by atoms with Crippen LogP contribution >= 0.6 is 0 Å². The van der Waals surface area contributed by atoms with Crippen molar-refractivity contribution in [3.05, 3.63) is 65.7 Å². The van der Waals surface area contributed by atoms with Crippen molar-refractivity contribution >= 4 is 17.6 Å². The first-order valence-electron chi connectivity index (χ1n) is 7.87. The third-order valence-electron chi connectivity index (χ3n) is 3.68. The van der Waals surface area contributed by atoms with E-state index in [4.69, 9.17) is 5.11 Å². The van der Waals surface area contributed by atoms with Crippen LogP contribution in [-0.4, -0.2) is 34.5 Å². The number of hydrogen-bond acceptors (Lipinski definition) is 3. The topological polar surface area (TPSA) is 69.6 Å². The summed E-state index contributed by atoms with van der Waals surface area (Å²) in [6, 6.07) is 16.6. The molecule has 0 heterocycles. The van der Waals surface area contributed by atoms with E-state index in [9.17, 15) is 9.59 Å². The van der Waals surface area contributed by atoms with Gasteiger partial charge in [-0.05, 0) is 43.7 Å². The fourth-order valence-electron chi connectivity index (χ4n) is 2.36. The zero-order valence-corrected chi connectivity index (χ0v) is 13.9. The first-order chi connectivity index (χ1) is 11.5. The molecule has 0 aliphatic carbocycles. The quantitative estimate of drug-likeness (QED) is 0.819. The summed E-state index contributed by atoms with van der Waals surface area (Å²) in [6.07, 6.45) is 0. The highest BCUT2D eigenvalue weighted by atomic mass is 16.4. The van der Waals surface area contributed by atoms with E-state index in [0.717, 1.165) is 11.3 Å².